The molecule has 1 atom stereocenters. The van der Waals surface area contributed by atoms with Crippen LogP contribution in [0, 0.1) is 5.92 Å². The van der Waals surface area contributed by atoms with Crippen molar-refractivity contribution in [2.75, 3.05) is 6.54 Å². The van der Waals surface area contributed by atoms with Gasteiger partial charge in [0.2, 0.25) is 0 Å². The Morgan fingerprint density at radius 1 is 1.56 bits per heavy atom. The molecular formula is C10H14Br2N2OS. The molecule has 1 amide bonds. The molecule has 6 heteroatoms. The number of nitrogens with two attached hydrogens (primary N) is 1. The molecule has 0 aliphatic carbocycles. The molecule has 0 aromatic carbocycles. The average molecular weight is 370 g/mol. The van der Waals surface area contributed by atoms with Gasteiger partial charge in [-0.25, -0.2) is 0 Å². The Morgan fingerprint density at radius 2 is 2.19 bits per heavy atom. The van der Waals surface area contributed by atoms with Gasteiger partial charge in [-0.15, -0.1) is 11.3 Å². The summed E-state index contributed by atoms with van der Waals surface area (Å²) < 4.78 is 1.76. The van der Waals surface area contributed by atoms with Gasteiger partial charge in [0.1, 0.15) is 0 Å². The van der Waals surface area contributed by atoms with Gasteiger partial charge in [0.05, 0.1) is 13.1 Å². The van der Waals surface area contributed by atoms with Gasteiger partial charge in [0.15, 0.2) is 0 Å². The largest absolute Gasteiger partial charge is 0.350 e. The topological polar surface area (TPSA) is 55.1 Å². The maximum Gasteiger partial charge on any atom is 0.253 e. The number of nitrogens with one attached hydrogen (secondary N) is 1. The van der Waals surface area contributed by atoms with E-state index in [-0.39, 0.29) is 11.9 Å². The van der Waals surface area contributed by atoms with Crippen molar-refractivity contribution in [3.05, 3.63) is 19.2 Å². The maximum atomic E-state index is 11.8. The molecule has 0 aliphatic heterocycles. The molecule has 0 fully saturated rings. The Balaban J connectivity index is 2.56. The molecule has 90 valence electrons. The van der Waals surface area contributed by atoms with Crippen molar-refractivity contribution in [2.24, 2.45) is 11.7 Å². The van der Waals surface area contributed by atoms with E-state index in [1.807, 2.05) is 13.8 Å². The Morgan fingerprint density at radius 3 is 2.62 bits per heavy atom. The Labute approximate surface area is 116 Å². The molecule has 0 aliphatic rings. The second-order valence-corrected chi connectivity index (χ2v) is 7.61. The van der Waals surface area contributed by atoms with E-state index < -0.39 is 0 Å². The smallest absolute Gasteiger partial charge is 0.253 e. The van der Waals surface area contributed by atoms with E-state index in [0.29, 0.717) is 18.0 Å². The predicted molar refractivity (Wildman–Crippen MR) is 74.9 cm³/mol. The Kier molecular flexibility index (Phi) is 5.43. The van der Waals surface area contributed by atoms with Crippen LogP contribution in [0.25, 0.3) is 0 Å². The lowest BCUT2D eigenvalue weighted by Gasteiger charge is -2.15. The first-order valence-corrected chi connectivity index (χ1v) is 7.30. The molecule has 0 saturated carbocycles. The van der Waals surface area contributed by atoms with E-state index in [1.54, 1.807) is 6.07 Å². The minimum absolute atomic E-state index is 0.00944. The highest BCUT2D eigenvalue weighted by Crippen LogP contribution is 2.31. The molecule has 16 heavy (non-hydrogen) atoms. The molecule has 0 saturated heterocycles. The Hall–Kier alpha value is 0.0900. The highest BCUT2D eigenvalue weighted by molar-refractivity contribution is 9.12. The summed E-state index contributed by atoms with van der Waals surface area (Å²) in [5, 5.41) is 2.83. The van der Waals surface area contributed by atoms with E-state index in [9.17, 15) is 4.79 Å². The summed E-state index contributed by atoms with van der Waals surface area (Å²) in [6.45, 7) is 4.57. The van der Waals surface area contributed by atoms with Crippen LogP contribution in [-0.2, 0) is 0 Å². The SMILES string of the molecule is CC(C)C(N)CNC(=O)c1cc(Br)sc1Br. The van der Waals surface area contributed by atoms with Crippen LogP contribution in [0.15, 0.2) is 13.6 Å². The molecule has 1 aromatic heterocycles. The van der Waals surface area contributed by atoms with Crippen LogP contribution < -0.4 is 11.1 Å². The zero-order valence-electron chi connectivity index (χ0n) is 9.09. The van der Waals surface area contributed by atoms with Gasteiger partial charge in [-0.2, -0.15) is 0 Å². The van der Waals surface area contributed by atoms with Crippen LogP contribution in [0.1, 0.15) is 24.2 Å². The molecule has 3 nitrogen and oxygen atoms in total. The number of rotatable bonds is 4. The number of thiophene rings is 1. The summed E-state index contributed by atoms with van der Waals surface area (Å²) >= 11 is 8.17. The average Bonchev–Trinajstić information content (AvgIpc) is 2.53. The summed E-state index contributed by atoms with van der Waals surface area (Å²) in [6.07, 6.45) is 0. The third kappa shape index (κ3) is 3.84. The number of halogens is 2. The lowest BCUT2D eigenvalue weighted by molar-refractivity contribution is 0.0949. The first kappa shape index (κ1) is 14.2. The third-order valence-corrected chi connectivity index (χ3v) is 4.60. The highest BCUT2D eigenvalue weighted by atomic mass is 79.9. The van der Waals surface area contributed by atoms with Crippen LogP contribution in [0.5, 0.6) is 0 Å². The third-order valence-electron chi connectivity index (χ3n) is 2.26. The number of carbonyl (C=O) groups is 1. The van der Waals surface area contributed by atoms with Crippen LogP contribution in [0.4, 0.5) is 0 Å². The summed E-state index contributed by atoms with van der Waals surface area (Å²) in [6, 6.07) is 1.79. The molecule has 0 bridgehead atoms. The van der Waals surface area contributed by atoms with Gasteiger partial charge in [-0.3, -0.25) is 4.79 Å². The fourth-order valence-corrected chi connectivity index (χ4v) is 3.83. The van der Waals surface area contributed by atoms with Crippen molar-refractivity contribution in [2.45, 2.75) is 19.9 Å². The van der Waals surface area contributed by atoms with Gasteiger partial charge in [-0.05, 0) is 43.8 Å². The maximum absolute atomic E-state index is 11.8. The van der Waals surface area contributed by atoms with Crippen molar-refractivity contribution >= 4 is 49.1 Å². The molecule has 3 N–H and O–H groups in total. The molecular weight excluding hydrogens is 356 g/mol. The molecule has 1 unspecified atom stereocenters. The number of carbonyl (C=O) groups excluding carboxylic acids is 1. The minimum atomic E-state index is -0.0927. The molecule has 1 heterocycles. The van der Waals surface area contributed by atoms with Crippen LogP contribution in [0.2, 0.25) is 0 Å². The first-order valence-electron chi connectivity index (χ1n) is 4.90. The zero-order chi connectivity index (χ0) is 12.3. The fraction of sp³-hybridized carbons (Fsp3) is 0.500. The number of hydrogen-bond acceptors (Lipinski definition) is 3. The number of amides is 1. The normalized spacial score (nSPS) is 12.9. The summed E-state index contributed by atoms with van der Waals surface area (Å²) in [4.78, 5) is 11.8. The van der Waals surface area contributed by atoms with Crippen molar-refractivity contribution < 1.29 is 4.79 Å². The van der Waals surface area contributed by atoms with E-state index in [2.05, 4.69) is 37.2 Å². The zero-order valence-corrected chi connectivity index (χ0v) is 13.1. The lowest BCUT2D eigenvalue weighted by Crippen LogP contribution is -2.40. The van der Waals surface area contributed by atoms with Crippen LogP contribution in [0.3, 0.4) is 0 Å². The second-order valence-electron chi connectivity index (χ2n) is 3.86. The lowest BCUT2D eigenvalue weighted by atomic mass is 10.1. The van der Waals surface area contributed by atoms with Gasteiger partial charge in [-0.1, -0.05) is 13.8 Å². The van der Waals surface area contributed by atoms with Crippen LogP contribution >= 0.6 is 43.2 Å². The quantitative estimate of drug-likeness (QED) is 0.857. The predicted octanol–water partition coefficient (Wildman–Crippen LogP) is 2.99. The highest BCUT2D eigenvalue weighted by Gasteiger charge is 2.15. The molecule has 0 radical (unpaired) electrons. The Bertz CT molecular complexity index is 379. The van der Waals surface area contributed by atoms with E-state index in [1.165, 1.54) is 11.3 Å². The molecule has 1 rings (SSSR count). The molecule has 1 aromatic rings. The van der Waals surface area contributed by atoms with Gasteiger partial charge < -0.3 is 11.1 Å². The standard InChI is InChI=1S/C10H14Br2N2OS/c1-5(2)7(13)4-14-10(15)6-3-8(11)16-9(6)12/h3,5,7H,4,13H2,1-2H3,(H,14,15). The second kappa shape index (κ2) is 6.14. The minimum Gasteiger partial charge on any atom is -0.350 e. The van der Waals surface area contributed by atoms with Gasteiger partial charge in [0.25, 0.3) is 5.91 Å². The molecule has 0 spiro atoms. The number of hydrogen-bond donors (Lipinski definition) is 2. The van der Waals surface area contributed by atoms with Gasteiger partial charge in [0, 0.05) is 12.6 Å². The van der Waals surface area contributed by atoms with Crippen molar-refractivity contribution in [1.29, 1.82) is 0 Å². The van der Waals surface area contributed by atoms with Crippen molar-refractivity contribution in [1.82, 2.24) is 5.32 Å². The van der Waals surface area contributed by atoms with Crippen LogP contribution in [-0.4, -0.2) is 18.5 Å². The summed E-state index contributed by atoms with van der Waals surface area (Å²) in [7, 11) is 0. The summed E-state index contributed by atoms with van der Waals surface area (Å²) in [5.74, 6) is 0.267. The van der Waals surface area contributed by atoms with Crippen molar-refractivity contribution in [3.63, 3.8) is 0 Å². The van der Waals surface area contributed by atoms with Crippen molar-refractivity contribution in [3.8, 4) is 0 Å². The monoisotopic (exact) mass is 368 g/mol. The van der Waals surface area contributed by atoms with Gasteiger partial charge >= 0.3 is 0 Å². The first-order chi connectivity index (χ1) is 7.41. The van der Waals surface area contributed by atoms with E-state index in [4.69, 9.17) is 5.73 Å². The summed E-state index contributed by atoms with van der Waals surface area (Å²) in [5.41, 5.74) is 6.50. The van der Waals surface area contributed by atoms with E-state index >= 15 is 0 Å². The fourth-order valence-electron chi connectivity index (χ4n) is 1.04. The van der Waals surface area contributed by atoms with E-state index in [0.717, 1.165) is 7.57 Å².